The molecule has 10 nitrogen and oxygen atoms in total. The Morgan fingerprint density at radius 3 is 2.48 bits per heavy atom. The maximum absolute atomic E-state index is 12.4. The Hall–Kier alpha value is -2.40. The van der Waals surface area contributed by atoms with Crippen molar-refractivity contribution >= 4 is 35.1 Å². The Labute approximate surface area is 189 Å². The lowest BCUT2D eigenvalue weighted by molar-refractivity contribution is -0.389. The molecule has 1 saturated heterocycles. The van der Waals surface area contributed by atoms with E-state index in [4.69, 9.17) is 27.9 Å². The third-order valence-corrected chi connectivity index (χ3v) is 5.42. The summed E-state index contributed by atoms with van der Waals surface area (Å²) in [6.45, 7) is 4.22. The van der Waals surface area contributed by atoms with Gasteiger partial charge in [0.15, 0.2) is 0 Å². The number of nitrogens with zero attached hydrogens (tertiary/aromatic N) is 5. The smallest absolute Gasteiger partial charge is 0.409 e. The van der Waals surface area contributed by atoms with Crippen molar-refractivity contribution in [3.63, 3.8) is 0 Å². The second-order valence-corrected chi connectivity index (χ2v) is 8.47. The van der Waals surface area contributed by atoms with Crippen molar-refractivity contribution in [2.45, 2.75) is 25.6 Å². The number of carbonyl (C=O) groups excluding carboxylic acids is 1. The number of benzene rings is 1. The van der Waals surface area contributed by atoms with Crippen LogP contribution in [0.3, 0.4) is 0 Å². The van der Waals surface area contributed by atoms with Crippen molar-refractivity contribution in [1.82, 2.24) is 19.4 Å². The highest BCUT2D eigenvalue weighted by Crippen LogP contribution is 2.19. The van der Waals surface area contributed by atoms with Gasteiger partial charge in [-0.2, -0.15) is 0 Å². The van der Waals surface area contributed by atoms with Gasteiger partial charge >= 0.3 is 17.2 Å². The third-order valence-electron chi connectivity index (χ3n) is 4.87. The van der Waals surface area contributed by atoms with Gasteiger partial charge in [0.25, 0.3) is 0 Å². The molecule has 3 rings (SSSR count). The molecular formula is C19H23Cl2N5O5. The van der Waals surface area contributed by atoms with Crippen LogP contribution in [-0.4, -0.2) is 73.9 Å². The number of imidazole rings is 1. The molecule has 1 aromatic heterocycles. The van der Waals surface area contributed by atoms with E-state index in [9.17, 15) is 20.0 Å². The van der Waals surface area contributed by atoms with Gasteiger partial charge in [0.2, 0.25) is 0 Å². The SMILES string of the molecule is C[C@](O)(COC(=O)N1CCN(Cc2ccc(Cl)cc2)CC1)Cn1cc([N+](=O)[O-])nc1Cl. The van der Waals surface area contributed by atoms with E-state index in [0.29, 0.717) is 31.2 Å². The van der Waals surface area contributed by atoms with Gasteiger partial charge in [-0.1, -0.05) is 23.7 Å². The topological polar surface area (TPSA) is 114 Å². The monoisotopic (exact) mass is 471 g/mol. The van der Waals surface area contributed by atoms with E-state index >= 15 is 0 Å². The van der Waals surface area contributed by atoms with Gasteiger partial charge in [0, 0.05) is 37.7 Å². The zero-order valence-corrected chi connectivity index (χ0v) is 18.4. The second kappa shape index (κ2) is 9.82. The number of hydrogen-bond acceptors (Lipinski definition) is 7. The Kier molecular flexibility index (Phi) is 7.37. The van der Waals surface area contributed by atoms with Crippen molar-refractivity contribution in [1.29, 1.82) is 0 Å². The minimum absolute atomic E-state index is 0.116. The molecular weight excluding hydrogens is 449 g/mol. The van der Waals surface area contributed by atoms with E-state index in [1.54, 1.807) is 4.90 Å². The summed E-state index contributed by atoms with van der Waals surface area (Å²) in [6.07, 6.45) is 0.604. The van der Waals surface area contributed by atoms with Gasteiger partial charge in [-0.25, -0.2) is 4.79 Å². The lowest BCUT2D eigenvalue weighted by Gasteiger charge is -2.34. The van der Waals surface area contributed by atoms with Crippen molar-refractivity contribution in [2.75, 3.05) is 32.8 Å². The van der Waals surface area contributed by atoms with E-state index in [0.717, 1.165) is 18.3 Å². The first-order valence-electron chi connectivity index (χ1n) is 9.61. The number of carbonyl (C=O) groups is 1. The molecule has 1 aliphatic heterocycles. The number of hydrogen-bond donors (Lipinski definition) is 1. The van der Waals surface area contributed by atoms with E-state index in [1.807, 2.05) is 24.3 Å². The fourth-order valence-corrected chi connectivity index (χ4v) is 3.56. The average Bonchev–Trinajstić information content (AvgIpc) is 3.08. The summed E-state index contributed by atoms with van der Waals surface area (Å²) in [5, 5.41) is 21.9. The van der Waals surface area contributed by atoms with Crippen LogP contribution in [0.4, 0.5) is 10.6 Å². The summed E-state index contributed by atoms with van der Waals surface area (Å²) >= 11 is 11.8. The molecule has 1 atom stereocenters. The molecule has 0 aliphatic carbocycles. The summed E-state index contributed by atoms with van der Waals surface area (Å²) < 4.78 is 6.51. The Morgan fingerprint density at radius 1 is 1.26 bits per heavy atom. The van der Waals surface area contributed by atoms with Crippen molar-refractivity contribution in [2.24, 2.45) is 0 Å². The zero-order valence-electron chi connectivity index (χ0n) is 16.9. The van der Waals surface area contributed by atoms with Gasteiger partial charge in [-0.3, -0.25) is 9.47 Å². The predicted octanol–water partition coefficient (Wildman–Crippen LogP) is 2.80. The molecule has 2 aromatic rings. The first-order chi connectivity index (χ1) is 14.6. The molecule has 1 fully saturated rings. The maximum Gasteiger partial charge on any atom is 0.409 e. The van der Waals surface area contributed by atoms with E-state index in [-0.39, 0.29) is 18.4 Å². The summed E-state index contributed by atoms with van der Waals surface area (Å²) in [4.78, 5) is 29.9. The van der Waals surface area contributed by atoms with Gasteiger partial charge < -0.3 is 24.9 Å². The number of nitro groups is 1. The summed E-state index contributed by atoms with van der Waals surface area (Å²) in [6, 6.07) is 7.66. The Morgan fingerprint density at radius 2 is 1.90 bits per heavy atom. The van der Waals surface area contributed by atoms with Crippen LogP contribution < -0.4 is 0 Å². The van der Waals surface area contributed by atoms with Gasteiger partial charge in [0.05, 0.1) is 6.54 Å². The van der Waals surface area contributed by atoms with Crippen LogP contribution in [0.2, 0.25) is 10.3 Å². The molecule has 12 heteroatoms. The summed E-state index contributed by atoms with van der Waals surface area (Å²) in [5.41, 5.74) is -0.334. The number of amides is 1. The molecule has 0 radical (unpaired) electrons. The molecule has 0 bridgehead atoms. The fourth-order valence-electron chi connectivity index (χ4n) is 3.24. The van der Waals surface area contributed by atoms with Crippen LogP contribution in [0, 0.1) is 10.1 Å². The molecule has 0 saturated carbocycles. The highest BCUT2D eigenvalue weighted by molar-refractivity contribution is 6.30. The lowest BCUT2D eigenvalue weighted by Crippen LogP contribution is -2.49. The van der Waals surface area contributed by atoms with E-state index < -0.39 is 22.4 Å². The molecule has 1 amide bonds. The lowest BCUT2D eigenvalue weighted by atomic mass is 10.1. The van der Waals surface area contributed by atoms with Crippen LogP contribution in [0.15, 0.2) is 30.5 Å². The molecule has 1 N–H and O–H groups in total. The predicted molar refractivity (Wildman–Crippen MR) is 114 cm³/mol. The van der Waals surface area contributed by atoms with Crippen LogP contribution >= 0.6 is 23.2 Å². The van der Waals surface area contributed by atoms with Crippen LogP contribution in [0.5, 0.6) is 0 Å². The molecule has 1 aliphatic rings. The number of piperazine rings is 1. The first kappa shape index (κ1) is 23.3. The largest absolute Gasteiger partial charge is 0.446 e. The fraction of sp³-hybridized carbons (Fsp3) is 0.474. The van der Waals surface area contributed by atoms with Gasteiger partial charge in [0.1, 0.15) is 18.4 Å². The van der Waals surface area contributed by atoms with Gasteiger partial charge in [-0.05, 0) is 46.1 Å². The quantitative estimate of drug-likeness (QED) is 0.487. The molecule has 2 heterocycles. The second-order valence-electron chi connectivity index (χ2n) is 7.69. The Balaban J connectivity index is 1.45. The minimum atomic E-state index is -1.48. The zero-order chi connectivity index (χ0) is 22.6. The molecule has 168 valence electrons. The number of halogens is 2. The Bertz CT molecular complexity index is 926. The standard InChI is InChI=1S/C19H23Cl2N5O5/c1-19(28,12-25-11-16(26(29)30)22-17(25)21)13-31-18(27)24-8-6-23(7-9-24)10-14-2-4-15(20)5-3-14/h2-5,11,28H,6-10,12-13H2,1H3/t19-/m1/s1. The highest BCUT2D eigenvalue weighted by atomic mass is 35.5. The van der Waals surface area contributed by atoms with Crippen LogP contribution in [0.25, 0.3) is 0 Å². The number of aliphatic hydroxyl groups is 1. The number of ether oxygens (including phenoxy) is 1. The average molecular weight is 472 g/mol. The van der Waals surface area contributed by atoms with E-state index in [2.05, 4.69) is 9.88 Å². The van der Waals surface area contributed by atoms with Crippen molar-refractivity contribution in [3.8, 4) is 0 Å². The van der Waals surface area contributed by atoms with Crippen molar-refractivity contribution < 1.29 is 19.6 Å². The summed E-state index contributed by atoms with van der Waals surface area (Å²) in [5.74, 6) is -0.422. The normalized spacial score (nSPS) is 16.7. The van der Waals surface area contributed by atoms with Crippen LogP contribution in [0.1, 0.15) is 12.5 Å². The minimum Gasteiger partial charge on any atom is -0.446 e. The molecule has 31 heavy (non-hydrogen) atoms. The van der Waals surface area contributed by atoms with Crippen molar-refractivity contribution in [3.05, 3.63) is 56.4 Å². The number of aromatic nitrogens is 2. The highest BCUT2D eigenvalue weighted by Gasteiger charge is 2.29. The van der Waals surface area contributed by atoms with Gasteiger partial charge in [-0.15, -0.1) is 0 Å². The molecule has 0 spiro atoms. The maximum atomic E-state index is 12.4. The first-order valence-corrected chi connectivity index (χ1v) is 10.4. The molecule has 0 unspecified atom stereocenters. The van der Waals surface area contributed by atoms with Crippen LogP contribution in [-0.2, 0) is 17.8 Å². The third kappa shape index (κ3) is 6.54. The molecule has 1 aromatic carbocycles. The number of rotatable bonds is 7. The van der Waals surface area contributed by atoms with E-state index in [1.165, 1.54) is 11.5 Å². The summed E-state index contributed by atoms with van der Waals surface area (Å²) in [7, 11) is 0.